The van der Waals surface area contributed by atoms with Crippen molar-refractivity contribution in [2.24, 2.45) is 5.92 Å². The van der Waals surface area contributed by atoms with Crippen LogP contribution in [-0.2, 0) is 0 Å². The molecule has 0 aliphatic carbocycles. The summed E-state index contributed by atoms with van der Waals surface area (Å²) in [6, 6.07) is 4.75. The lowest BCUT2D eigenvalue weighted by molar-refractivity contribution is 0.351. The van der Waals surface area contributed by atoms with Crippen molar-refractivity contribution < 1.29 is 0 Å². The number of anilines is 1. The predicted octanol–water partition coefficient (Wildman–Crippen LogP) is 0.735. The van der Waals surface area contributed by atoms with Crippen LogP contribution < -0.4 is 10.9 Å². The van der Waals surface area contributed by atoms with E-state index in [1.54, 1.807) is 0 Å². The zero-order valence-corrected chi connectivity index (χ0v) is 11.8. The molecular formula is C14H22BN3. The molecule has 0 amide bonds. The SMILES string of the molecule is Bc1ccc(/C=C/C2CC(C)CN2C)c(NC)n1. The van der Waals surface area contributed by atoms with E-state index in [2.05, 4.69) is 53.5 Å². The molecule has 4 heteroatoms. The van der Waals surface area contributed by atoms with Gasteiger partial charge >= 0.3 is 0 Å². The van der Waals surface area contributed by atoms with Crippen molar-refractivity contribution >= 4 is 25.3 Å². The molecule has 1 fully saturated rings. The lowest BCUT2D eigenvalue weighted by atomic mass is 10.0. The first-order valence-corrected chi connectivity index (χ1v) is 6.64. The number of hydrogen-bond acceptors (Lipinski definition) is 3. The van der Waals surface area contributed by atoms with Gasteiger partial charge < -0.3 is 5.32 Å². The zero-order valence-electron chi connectivity index (χ0n) is 11.8. The Morgan fingerprint density at radius 1 is 1.50 bits per heavy atom. The van der Waals surface area contributed by atoms with Gasteiger partial charge in [-0.1, -0.05) is 31.2 Å². The third kappa shape index (κ3) is 2.93. The molecule has 0 aromatic carbocycles. The van der Waals surface area contributed by atoms with Crippen molar-refractivity contribution in [2.45, 2.75) is 19.4 Å². The van der Waals surface area contributed by atoms with Crippen LogP contribution in [0.25, 0.3) is 6.08 Å². The Hall–Kier alpha value is -1.29. The summed E-state index contributed by atoms with van der Waals surface area (Å²) in [5.41, 5.74) is 2.21. The summed E-state index contributed by atoms with van der Waals surface area (Å²) in [5, 5.41) is 3.16. The molecule has 1 saturated heterocycles. The molecule has 0 saturated carbocycles. The van der Waals surface area contributed by atoms with Crippen LogP contribution in [0.2, 0.25) is 0 Å². The van der Waals surface area contributed by atoms with E-state index in [1.807, 2.05) is 14.9 Å². The second-order valence-corrected chi connectivity index (χ2v) is 5.35. The normalized spacial score (nSPS) is 24.8. The summed E-state index contributed by atoms with van der Waals surface area (Å²) in [6.07, 6.45) is 5.75. The van der Waals surface area contributed by atoms with E-state index in [0.29, 0.717) is 6.04 Å². The Morgan fingerprint density at radius 3 is 2.89 bits per heavy atom. The molecule has 2 heterocycles. The van der Waals surface area contributed by atoms with Crippen LogP contribution in [0.5, 0.6) is 0 Å². The summed E-state index contributed by atoms with van der Waals surface area (Å²) in [5.74, 6) is 1.75. The van der Waals surface area contributed by atoms with Crippen molar-refractivity contribution in [3.63, 3.8) is 0 Å². The molecule has 1 aromatic rings. The highest BCUT2D eigenvalue weighted by Gasteiger charge is 2.24. The molecule has 0 radical (unpaired) electrons. The number of rotatable bonds is 3. The number of aromatic nitrogens is 1. The first kappa shape index (κ1) is 13.2. The zero-order chi connectivity index (χ0) is 13.1. The Labute approximate surface area is 111 Å². The fourth-order valence-corrected chi connectivity index (χ4v) is 2.64. The Morgan fingerprint density at radius 2 is 2.28 bits per heavy atom. The van der Waals surface area contributed by atoms with Gasteiger partial charge in [0.15, 0.2) is 7.85 Å². The summed E-state index contributed by atoms with van der Waals surface area (Å²) in [7, 11) is 6.13. The van der Waals surface area contributed by atoms with Gasteiger partial charge in [0.1, 0.15) is 5.82 Å². The van der Waals surface area contributed by atoms with Gasteiger partial charge in [0.25, 0.3) is 0 Å². The number of likely N-dealkylation sites (N-methyl/N-ethyl adjacent to an activating group) is 1. The van der Waals surface area contributed by atoms with Crippen molar-refractivity contribution in [2.75, 3.05) is 26.0 Å². The van der Waals surface area contributed by atoms with Crippen molar-refractivity contribution in [1.82, 2.24) is 9.88 Å². The number of hydrogen-bond donors (Lipinski definition) is 1. The highest BCUT2D eigenvalue weighted by Crippen LogP contribution is 2.23. The summed E-state index contributed by atoms with van der Waals surface area (Å²) >= 11 is 0. The molecule has 1 N–H and O–H groups in total. The minimum absolute atomic E-state index is 0.561. The highest BCUT2D eigenvalue weighted by atomic mass is 15.1. The molecule has 2 unspecified atom stereocenters. The lowest BCUT2D eigenvalue weighted by Gasteiger charge is -2.15. The van der Waals surface area contributed by atoms with Gasteiger partial charge in [-0.3, -0.25) is 4.90 Å². The number of likely N-dealkylation sites (tertiary alicyclic amines) is 1. The maximum Gasteiger partial charge on any atom is 0.164 e. The predicted molar refractivity (Wildman–Crippen MR) is 81.2 cm³/mol. The van der Waals surface area contributed by atoms with Gasteiger partial charge in [-0.05, 0) is 25.0 Å². The Balaban J connectivity index is 2.13. The minimum atomic E-state index is 0.561. The molecular weight excluding hydrogens is 221 g/mol. The van der Waals surface area contributed by atoms with E-state index in [-0.39, 0.29) is 0 Å². The Kier molecular flexibility index (Phi) is 4.07. The van der Waals surface area contributed by atoms with Gasteiger partial charge in [0.05, 0.1) is 0 Å². The van der Waals surface area contributed by atoms with Gasteiger partial charge in [-0.2, -0.15) is 0 Å². The molecule has 1 aliphatic heterocycles. The quantitative estimate of drug-likeness (QED) is 0.793. The maximum atomic E-state index is 4.49. The average Bonchev–Trinajstić information content (AvgIpc) is 2.66. The van der Waals surface area contributed by atoms with Crippen molar-refractivity contribution in [3.8, 4) is 0 Å². The average molecular weight is 243 g/mol. The number of pyridine rings is 1. The van der Waals surface area contributed by atoms with E-state index in [1.165, 1.54) is 13.0 Å². The standard InChI is InChI=1S/C14H22BN3/c1-10-8-12(18(3)9-10)6-4-11-5-7-13(15)17-14(11)16-2/h4-7,10,12H,8-9,15H2,1-3H3,(H,16,17)/b6-4+. The third-order valence-electron chi connectivity index (χ3n) is 3.61. The van der Waals surface area contributed by atoms with Gasteiger partial charge in [0.2, 0.25) is 0 Å². The molecule has 2 atom stereocenters. The van der Waals surface area contributed by atoms with Crippen molar-refractivity contribution in [3.05, 3.63) is 23.8 Å². The smallest absolute Gasteiger partial charge is 0.164 e. The van der Waals surface area contributed by atoms with Crippen LogP contribution in [0.1, 0.15) is 18.9 Å². The van der Waals surface area contributed by atoms with Crippen LogP contribution in [0.4, 0.5) is 5.82 Å². The van der Waals surface area contributed by atoms with Crippen LogP contribution in [0.3, 0.4) is 0 Å². The van der Waals surface area contributed by atoms with Crippen LogP contribution >= 0.6 is 0 Å². The topological polar surface area (TPSA) is 28.2 Å². The van der Waals surface area contributed by atoms with Crippen LogP contribution in [0.15, 0.2) is 18.2 Å². The Bertz CT molecular complexity index is 445. The van der Waals surface area contributed by atoms with Gasteiger partial charge in [-0.25, -0.2) is 4.98 Å². The van der Waals surface area contributed by atoms with Crippen LogP contribution in [-0.4, -0.2) is 44.4 Å². The first-order chi connectivity index (χ1) is 8.60. The van der Waals surface area contributed by atoms with Gasteiger partial charge in [0, 0.05) is 25.2 Å². The third-order valence-corrected chi connectivity index (χ3v) is 3.61. The summed E-state index contributed by atoms with van der Waals surface area (Å²) in [4.78, 5) is 6.91. The van der Waals surface area contributed by atoms with Crippen molar-refractivity contribution in [1.29, 1.82) is 0 Å². The monoisotopic (exact) mass is 243 g/mol. The molecule has 1 aromatic heterocycles. The van der Waals surface area contributed by atoms with E-state index in [4.69, 9.17) is 0 Å². The number of nitrogens with one attached hydrogen (secondary N) is 1. The van der Waals surface area contributed by atoms with E-state index in [0.717, 1.165) is 22.9 Å². The maximum absolute atomic E-state index is 4.49. The molecule has 0 spiro atoms. The van der Waals surface area contributed by atoms with E-state index < -0.39 is 0 Å². The summed E-state index contributed by atoms with van der Waals surface area (Å²) in [6.45, 7) is 3.51. The van der Waals surface area contributed by atoms with Gasteiger partial charge in [-0.15, -0.1) is 0 Å². The molecule has 0 bridgehead atoms. The lowest BCUT2D eigenvalue weighted by Crippen LogP contribution is -2.22. The van der Waals surface area contributed by atoms with E-state index >= 15 is 0 Å². The van der Waals surface area contributed by atoms with Crippen LogP contribution in [0, 0.1) is 5.92 Å². The second kappa shape index (κ2) is 5.57. The molecule has 3 nitrogen and oxygen atoms in total. The fraction of sp³-hybridized carbons (Fsp3) is 0.500. The molecule has 96 valence electrons. The minimum Gasteiger partial charge on any atom is -0.373 e. The van der Waals surface area contributed by atoms with E-state index in [9.17, 15) is 0 Å². The number of nitrogens with zero attached hydrogens (tertiary/aromatic N) is 2. The largest absolute Gasteiger partial charge is 0.373 e. The molecule has 2 rings (SSSR count). The molecule has 1 aliphatic rings. The second-order valence-electron chi connectivity index (χ2n) is 5.35. The fourth-order valence-electron chi connectivity index (χ4n) is 2.64. The molecule has 18 heavy (non-hydrogen) atoms. The first-order valence-electron chi connectivity index (χ1n) is 6.64. The summed E-state index contributed by atoms with van der Waals surface area (Å²) < 4.78 is 0. The highest BCUT2D eigenvalue weighted by molar-refractivity contribution is 6.30.